The van der Waals surface area contributed by atoms with Gasteiger partial charge in [-0.25, -0.2) is 8.42 Å². The monoisotopic (exact) mass is 334 g/mol. The standard InChI is InChI=1S/C10H11BrN2O2S2/c11-8-5-6(10(12)16)1-4-9(8)13-17(14,15)7-2-3-7/h1,4-5,7,13H,2-3H2,(H2,12,16). The minimum atomic E-state index is -3.24. The van der Waals surface area contributed by atoms with E-state index in [1.54, 1.807) is 18.2 Å². The maximum Gasteiger partial charge on any atom is 0.235 e. The maximum absolute atomic E-state index is 11.8. The number of nitrogens with one attached hydrogen (secondary N) is 1. The fourth-order valence-corrected chi connectivity index (χ4v) is 3.51. The van der Waals surface area contributed by atoms with Gasteiger partial charge < -0.3 is 5.73 Å². The van der Waals surface area contributed by atoms with Crippen molar-refractivity contribution in [3.05, 3.63) is 28.2 Å². The maximum atomic E-state index is 11.8. The zero-order valence-electron chi connectivity index (χ0n) is 8.81. The summed E-state index contributed by atoms with van der Waals surface area (Å²) >= 11 is 8.14. The first-order valence-corrected chi connectivity index (χ1v) is 7.76. The molecule has 0 amide bonds. The molecular weight excluding hydrogens is 324 g/mol. The molecule has 4 nitrogen and oxygen atoms in total. The summed E-state index contributed by atoms with van der Waals surface area (Å²) in [6.45, 7) is 0. The first-order valence-electron chi connectivity index (χ1n) is 5.01. The molecule has 2 rings (SSSR count). The van der Waals surface area contributed by atoms with Gasteiger partial charge >= 0.3 is 0 Å². The van der Waals surface area contributed by atoms with Crippen LogP contribution >= 0.6 is 28.1 Å². The zero-order valence-corrected chi connectivity index (χ0v) is 12.0. The van der Waals surface area contributed by atoms with Gasteiger partial charge in [0.15, 0.2) is 0 Å². The van der Waals surface area contributed by atoms with Crippen LogP contribution in [0.3, 0.4) is 0 Å². The molecule has 0 aromatic heterocycles. The summed E-state index contributed by atoms with van der Waals surface area (Å²) in [5.74, 6) is 0. The summed E-state index contributed by atoms with van der Waals surface area (Å²) < 4.78 is 26.7. The zero-order chi connectivity index (χ0) is 12.6. The van der Waals surface area contributed by atoms with Gasteiger partial charge in [-0.15, -0.1) is 0 Å². The molecule has 1 saturated carbocycles. The van der Waals surface area contributed by atoms with E-state index in [-0.39, 0.29) is 10.2 Å². The van der Waals surface area contributed by atoms with Gasteiger partial charge in [0.1, 0.15) is 4.99 Å². The summed E-state index contributed by atoms with van der Waals surface area (Å²) in [7, 11) is -3.24. The van der Waals surface area contributed by atoms with Crippen molar-refractivity contribution in [2.45, 2.75) is 18.1 Å². The lowest BCUT2D eigenvalue weighted by molar-refractivity contribution is 0.600. The number of nitrogens with two attached hydrogens (primary N) is 1. The smallest absolute Gasteiger partial charge is 0.235 e. The highest BCUT2D eigenvalue weighted by molar-refractivity contribution is 9.10. The van der Waals surface area contributed by atoms with E-state index in [1.165, 1.54) is 0 Å². The van der Waals surface area contributed by atoms with E-state index >= 15 is 0 Å². The summed E-state index contributed by atoms with van der Waals surface area (Å²) in [6.07, 6.45) is 1.47. The molecule has 0 aliphatic heterocycles. The Balaban J connectivity index is 2.25. The molecule has 0 bridgehead atoms. The molecular formula is C10H11BrN2O2S2. The lowest BCUT2D eigenvalue weighted by atomic mass is 10.2. The molecule has 92 valence electrons. The van der Waals surface area contributed by atoms with E-state index in [1.807, 2.05) is 0 Å². The lowest BCUT2D eigenvalue weighted by Crippen LogP contribution is -2.18. The second-order valence-corrected chi connectivity index (χ2v) is 7.16. The van der Waals surface area contributed by atoms with Crippen molar-refractivity contribution in [1.82, 2.24) is 0 Å². The van der Waals surface area contributed by atoms with Crippen LogP contribution < -0.4 is 10.5 Å². The van der Waals surface area contributed by atoms with E-state index in [4.69, 9.17) is 18.0 Å². The summed E-state index contributed by atoms with van der Waals surface area (Å²) in [4.78, 5) is 0.280. The molecule has 1 aromatic rings. The van der Waals surface area contributed by atoms with E-state index in [0.29, 0.717) is 15.7 Å². The number of benzene rings is 1. The van der Waals surface area contributed by atoms with Crippen molar-refractivity contribution in [3.8, 4) is 0 Å². The van der Waals surface area contributed by atoms with Crippen LogP contribution in [0.5, 0.6) is 0 Å². The van der Waals surface area contributed by atoms with Crippen LogP contribution in [0.15, 0.2) is 22.7 Å². The molecule has 0 heterocycles. The van der Waals surface area contributed by atoms with Crippen LogP contribution in [0, 0.1) is 0 Å². The van der Waals surface area contributed by atoms with Crippen LogP contribution in [0.1, 0.15) is 18.4 Å². The SMILES string of the molecule is NC(=S)c1ccc(NS(=O)(=O)C2CC2)c(Br)c1. The largest absolute Gasteiger partial charge is 0.389 e. The van der Waals surface area contributed by atoms with E-state index < -0.39 is 10.0 Å². The fourth-order valence-electron chi connectivity index (χ4n) is 1.37. The lowest BCUT2D eigenvalue weighted by Gasteiger charge is -2.10. The van der Waals surface area contributed by atoms with Crippen LogP contribution in [0.4, 0.5) is 5.69 Å². The molecule has 0 spiro atoms. The summed E-state index contributed by atoms with van der Waals surface area (Å²) in [5.41, 5.74) is 6.70. The third-order valence-electron chi connectivity index (χ3n) is 2.47. The Morgan fingerprint density at radius 1 is 1.47 bits per heavy atom. The molecule has 1 aromatic carbocycles. The minimum Gasteiger partial charge on any atom is -0.389 e. The Hall–Kier alpha value is -0.660. The van der Waals surface area contributed by atoms with E-state index in [9.17, 15) is 8.42 Å². The second-order valence-electron chi connectivity index (χ2n) is 3.91. The highest BCUT2D eigenvalue weighted by Gasteiger charge is 2.35. The van der Waals surface area contributed by atoms with Gasteiger partial charge in [0, 0.05) is 10.0 Å². The van der Waals surface area contributed by atoms with Crippen molar-refractivity contribution in [3.63, 3.8) is 0 Å². The van der Waals surface area contributed by atoms with Crippen LogP contribution in [0.2, 0.25) is 0 Å². The molecule has 17 heavy (non-hydrogen) atoms. The molecule has 1 aliphatic carbocycles. The first-order chi connectivity index (χ1) is 7.90. The number of hydrogen-bond acceptors (Lipinski definition) is 3. The van der Waals surface area contributed by atoms with Crippen molar-refractivity contribution in [2.24, 2.45) is 5.73 Å². The Labute approximate surface area is 114 Å². The van der Waals surface area contributed by atoms with Crippen LogP contribution in [0.25, 0.3) is 0 Å². The number of sulfonamides is 1. The Kier molecular flexibility index (Phi) is 3.42. The molecule has 1 aliphatic rings. The molecule has 3 N–H and O–H groups in total. The molecule has 1 fully saturated rings. The molecule has 0 radical (unpaired) electrons. The predicted molar refractivity (Wildman–Crippen MR) is 75.6 cm³/mol. The number of thiocarbonyl (C=S) groups is 1. The number of anilines is 1. The van der Waals surface area contributed by atoms with Crippen LogP contribution in [-0.2, 0) is 10.0 Å². The van der Waals surface area contributed by atoms with Crippen molar-refractivity contribution < 1.29 is 8.42 Å². The second kappa shape index (κ2) is 4.55. The van der Waals surface area contributed by atoms with Gasteiger partial charge in [0.05, 0.1) is 10.9 Å². The van der Waals surface area contributed by atoms with Gasteiger partial charge in [0.25, 0.3) is 0 Å². The van der Waals surface area contributed by atoms with E-state index in [0.717, 1.165) is 12.8 Å². The number of rotatable bonds is 4. The molecule has 7 heteroatoms. The average Bonchev–Trinajstić information content (AvgIpc) is 3.04. The highest BCUT2D eigenvalue weighted by atomic mass is 79.9. The van der Waals surface area contributed by atoms with Crippen LogP contribution in [-0.4, -0.2) is 18.7 Å². The summed E-state index contributed by atoms with van der Waals surface area (Å²) in [6, 6.07) is 5.05. The van der Waals surface area contributed by atoms with Gasteiger partial charge in [-0.3, -0.25) is 4.72 Å². The Bertz CT molecular complexity index is 568. The van der Waals surface area contributed by atoms with Gasteiger partial charge in [-0.1, -0.05) is 12.2 Å². The van der Waals surface area contributed by atoms with Gasteiger partial charge in [-0.05, 0) is 47.0 Å². The quantitative estimate of drug-likeness (QED) is 0.826. The molecule has 0 atom stereocenters. The Morgan fingerprint density at radius 3 is 2.59 bits per heavy atom. The first kappa shape index (κ1) is 12.8. The fraction of sp³-hybridized carbons (Fsp3) is 0.300. The van der Waals surface area contributed by atoms with Crippen molar-refractivity contribution in [2.75, 3.05) is 4.72 Å². The highest BCUT2D eigenvalue weighted by Crippen LogP contribution is 2.32. The van der Waals surface area contributed by atoms with Gasteiger partial charge in [-0.2, -0.15) is 0 Å². The third kappa shape index (κ3) is 2.97. The third-order valence-corrected chi connectivity index (χ3v) is 5.21. The Morgan fingerprint density at radius 2 is 2.12 bits per heavy atom. The molecule has 0 saturated heterocycles. The van der Waals surface area contributed by atoms with Crippen molar-refractivity contribution >= 4 is 48.8 Å². The number of hydrogen-bond donors (Lipinski definition) is 2. The van der Waals surface area contributed by atoms with Crippen molar-refractivity contribution in [1.29, 1.82) is 0 Å². The summed E-state index contributed by atoms with van der Waals surface area (Å²) in [5, 5.41) is -0.246. The number of halogens is 1. The average molecular weight is 335 g/mol. The minimum absolute atomic E-state index is 0.246. The normalized spacial score (nSPS) is 15.6. The topological polar surface area (TPSA) is 72.2 Å². The van der Waals surface area contributed by atoms with E-state index in [2.05, 4.69) is 20.7 Å². The molecule has 0 unspecified atom stereocenters. The predicted octanol–water partition coefficient (Wildman–Crippen LogP) is 1.99. The van der Waals surface area contributed by atoms with Gasteiger partial charge in [0.2, 0.25) is 10.0 Å².